The van der Waals surface area contributed by atoms with Gasteiger partial charge in [-0.2, -0.15) is 5.10 Å². The third-order valence-electron chi connectivity index (χ3n) is 5.35. The summed E-state index contributed by atoms with van der Waals surface area (Å²) in [6.45, 7) is 14.2. The van der Waals surface area contributed by atoms with Crippen molar-refractivity contribution in [3.05, 3.63) is 65.9 Å². The SMILES string of the molecule is Cc1ccc(-n2nc(C)c(-c3ccccc3)c2NC(=O)CN(CC(C)C)C(=O)NC(C)(C)C)cc1. The molecule has 7 heteroatoms. The second-order valence-corrected chi connectivity index (χ2v) is 10.4. The van der Waals surface area contributed by atoms with E-state index < -0.39 is 5.54 Å². The van der Waals surface area contributed by atoms with Crippen molar-refractivity contribution in [1.82, 2.24) is 20.0 Å². The number of carbonyl (C=O) groups is 2. The van der Waals surface area contributed by atoms with Crippen molar-refractivity contribution in [3.8, 4) is 16.8 Å². The summed E-state index contributed by atoms with van der Waals surface area (Å²) in [7, 11) is 0. The molecule has 0 radical (unpaired) electrons. The molecule has 7 nitrogen and oxygen atoms in total. The topological polar surface area (TPSA) is 79.3 Å². The van der Waals surface area contributed by atoms with Gasteiger partial charge in [0.25, 0.3) is 0 Å². The van der Waals surface area contributed by atoms with Crippen LogP contribution in [-0.2, 0) is 4.79 Å². The van der Waals surface area contributed by atoms with Crippen LogP contribution in [0.15, 0.2) is 54.6 Å². The molecule has 186 valence electrons. The van der Waals surface area contributed by atoms with Crippen LogP contribution in [0.3, 0.4) is 0 Å². The van der Waals surface area contributed by atoms with Gasteiger partial charge >= 0.3 is 6.03 Å². The van der Waals surface area contributed by atoms with E-state index in [9.17, 15) is 9.59 Å². The van der Waals surface area contributed by atoms with Crippen LogP contribution >= 0.6 is 0 Å². The highest BCUT2D eigenvalue weighted by Gasteiger charge is 2.25. The molecule has 35 heavy (non-hydrogen) atoms. The standard InChI is InChI=1S/C28H37N5O2/c1-19(2)17-32(27(35)30-28(5,6)7)18-24(34)29-26-25(22-11-9-8-10-12-22)21(4)31-33(26)23-15-13-20(3)14-16-23/h8-16,19H,17-18H2,1-7H3,(H,29,34)(H,30,35). The minimum absolute atomic E-state index is 0.0630. The third-order valence-corrected chi connectivity index (χ3v) is 5.35. The van der Waals surface area contributed by atoms with E-state index >= 15 is 0 Å². The first-order valence-electron chi connectivity index (χ1n) is 12.0. The molecule has 1 aromatic heterocycles. The Kier molecular flexibility index (Phi) is 7.99. The Bertz CT molecular complexity index is 1160. The summed E-state index contributed by atoms with van der Waals surface area (Å²) in [5, 5.41) is 10.8. The third kappa shape index (κ3) is 6.94. The molecule has 0 fully saturated rings. The van der Waals surface area contributed by atoms with Gasteiger partial charge in [0.1, 0.15) is 12.4 Å². The van der Waals surface area contributed by atoms with Crippen molar-refractivity contribution >= 4 is 17.8 Å². The molecule has 3 aromatic rings. The molecule has 0 spiro atoms. The Morgan fingerprint density at radius 3 is 2.20 bits per heavy atom. The van der Waals surface area contributed by atoms with Crippen molar-refractivity contribution in [2.45, 2.75) is 54.0 Å². The first kappa shape index (κ1) is 26.0. The molecule has 3 rings (SSSR count). The molecule has 3 amide bonds. The summed E-state index contributed by atoms with van der Waals surface area (Å²) in [5.74, 6) is 0.525. The van der Waals surface area contributed by atoms with Crippen LogP contribution in [0.5, 0.6) is 0 Å². The Morgan fingerprint density at radius 2 is 1.63 bits per heavy atom. The predicted molar refractivity (Wildman–Crippen MR) is 142 cm³/mol. The number of nitrogens with zero attached hydrogens (tertiary/aromatic N) is 3. The number of hydrogen-bond donors (Lipinski definition) is 2. The van der Waals surface area contributed by atoms with Crippen LogP contribution in [0.2, 0.25) is 0 Å². The summed E-state index contributed by atoms with van der Waals surface area (Å²) >= 11 is 0. The highest BCUT2D eigenvalue weighted by atomic mass is 16.2. The van der Waals surface area contributed by atoms with Gasteiger partial charge in [-0.3, -0.25) is 4.79 Å². The fourth-order valence-corrected chi connectivity index (χ4v) is 3.87. The molecule has 0 atom stereocenters. The molecular weight excluding hydrogens is 438 g/mol. The van der Waals surface area contributed by atoms with Gasteiger partial charge in [0.15, 0.2) is 0 Å². The van der Waals surface area contributed by atoms with Crippen molar-refractivity contribution in [3.63, 3.8) is 0 Å². The summed E-state index contributed by atoms with van der Waals surface area (Å²) in [6.07, 6.45) is 0. The number of rotatable bonds is 7. The molecule has 2 aromatic carbocycles. The maximum absolute atomic E-state index is 13.3. The first-order valence-corrected chi connectivity index (χ1v) is 12.0. The highest BCUT2D eigenvalue weighted by molar-refractivity contribution is 5.97. The number of benzene rings is 2. The Morgan fingerprint density at radius 1 is 1.00 bits per heavy atom. The Balaban J connectivity index is 1.97. The van der Waals surface area contributed by atoms with E-state index in [0.29, 0.717) is 12.4 Å². The number of hydrogen-bond acceptors (Lipinski definition) is 3. The lowest BCUT2D eigenvalue weighted by Crippen LogP contribution is -2.51. The number of nitrogens with one attached hydrogen (secondary N) is 2. The molecule has 0 aliphatic rings. The van der Waals surface area contributed by atoms with Gasteiger partial charge in [0.05, 0.1) is 11.4 Å². The molecule has 0 aliphatic heterocycles. The maximum Gasteiger partial charge on any atom is 0.318 e. The molecule has 2 N–H and O–H groups in total. The number of carbonyl (C=O) groups excluding carboxylic acids is 2. The van der Waals surface area contributed by atoms with Crippen LogP contribution in [0.1, 0.15) is 45.9 Å². The molecule has 0 unspecified atom stereocenters. The van der Waals surface area contributed by atoms with Crippen molar-refractivity contribution in [1.29, 1.82) is 0 Å². The second-order valence-electron chi connectivity index (χ2n) is 10.4. The zero-order valence-electron chi connectivity index (χ0n) is 21.8. The molecular formula is C28H37N5O2. The van der Waals surface area contributed by atoms with Gasteiger partial charge < -0.3 is 15.5 Å². The zero-order valence-corrected chi connectivity index (χ0v) is 21.8. The molecule has 0 saturated heterocycles. The second kappa shape index (κ2) is 10.8. The lowest BCUT2D eigenvalue weighted by atomic mass is 10.1. The van der Waals surface area contributed by atoms with E-state index in [1.54, 1.807) is 9.58 Å². The van der Waals surface area contributed by atoms with E-state index in [2.05, 4.69) is 10.6 Å². The summed E-state index contributed by atoms with van der Waals surface area (Å²) in [5.41, 5.74) is 4.21. The number of urea groups is 1. The zero-order chi connectivity index (χ0) is 25.8. The van der Waals surface area contributed by atoms with Crippen molar-refractivity contribution in [2.75, 3.05) is 18.4 Å². The van der Waals surface area contributed by atoms with E-state index in [1.165, 1.54) is 0 Å². The van der Waals surface area contributed by atoms with Crippen LogP contribution in [-0.4, -0.2) is 45.2 Å². The van der Waals surface area contributed by atoms with Gasteiger partial charge in [-0.15, -0.1) is 0 Å². The first-order chi connectivity index (χ1) is 16.4. The largest absolute Gasteiger partial charge is 0.333 e. The molecule has 0 aliphatic carbocycles. The predicted octanol–water partition coefficient (Wildman–Crippen LogP) is 5.56. The number of anilines is 1. The lowest BCUT2D eigenvalue weighted by Gasteiger charge is -2.29. The van der Waals surface area contributed by atoms with Gasteiger partial charge in [-0.05, 0) is 58.2 Å². The van der Waals surface area contributed by atoms with Crippen LogP contribution in [0.4, 0.5) is 10.6 Å². The van der Waals surface area contributed by atoms with Crippen molar-refractivity contribution < 1.29 is 9.59 Å². The minimum atomic E-state index is -0.398. The molecule has 0 bridgehead atoms. The minimum Gasteiger partial charge on any atom is -0.333 e. The van der Waals surface area contributed by atoms with E-state index in [0.717, 1.165) is 28.1 Å². The van der Waals surface area contributed by atoms with Gasteiger partial charge in [0.2, 0.25) is 5.91 Å². The number of amides is 3. The lowest BCUT2D eigenvalue weighted by molar-refractivity contribution is -0.116. The monoisotopic (exact) mass is 475 g/mol. The van der Waals surface area contributed by atoms with Crippen molar-refractivity contribution in [2.24, 2.45) is 5.92 Å². The van der Waals surface area contributed by atoms with Crippen LogP contribution in [0, 0.1) is 19.8 Å². The summed E-state index contributed by atoms with van der Waals surface area (Å²) in [4.78, 5) is 27.8. The van der Waals surface area contributed by atoms with Crippen LogP contribution in [0.25, 0.3) is 16.8 Å². The van der Waals surface area contributed by atoms with E-state index in [4.69, 9.17) is 5.10 Å². The van der Waals surface area contributed by atoms with E-state index in [-0.39, 0.29) is 24.4 Å². The quantitative estimate of drug-likeness (QED) is 0.469. The Labute approximate surface area is 208 Å². The summed E-state index contributed by atoms with van der Waals surface area (Å²) < 4.78 is 1.76. The van der Waals surface area contributed by atoms with Gasteiger partial charge in [-0.1, -0.05) is 61.9 Å². The fourth-order valence-electron chi connectivity index (χ4n) is 3.87. The Hall–Kier alpha value is -3.61. The number of aromatic nitrogens is 2. The van der Waals surface area contributed by atoms with Crippen LogP contribution < -0.4 is 10.6 Å². The van der Waals surface area contributed by atoms with E-state index in [1.807, 2.05) is 103 Å². The van der Waals surface area contributed by atoms with Gasteiger partial charge in [-0.25, -0.2) is 9.48 Å². The average Bonchev–Trinajstić information content (AvgIpc) is 3.08. The molecule has 0 saturated carbocycles. The maximum atomic E-state index is 13.3. The number of aryl methyl sites for hydroxylation is 2. The van der Waals surface area contributed by atoms with Gasteiger partial charge in [0, 0.05) is 17.6 Å². The molecule has 1 heterocycles. The highest BCUT2D eigenvalue weighted by Crippen LogP contribution is 2.33. The average molecular weight is 476 g/mol. The fraction of sp³-hybridized carbons (Fsp3) is 0.393. The smallest absolute Gasteiger partial charge is 0.318 e. The normalized spacial score (nSPS) is 11.4. The summed E-state index contributed by atoms with van der Waals surface area (Å²) in [6, 6.07) is 17.6.